The SMILES string of the molecule is Cc1cc(C)cc(N(Cc2ccc(C(=O)NCc3ccccc3Cl)cc2)S(C)(=O)=O)c1. The molecule has 0 unspecified atom stereocenters. The third-order valence-electron chi connectivity index (χ3n) is 4.83. The van der Waals surface area contributed by atoms with E-state index in [4.69, 9.17) is 11.6 Å². The van der Waals surface area contributed by atoms with Crippen LogP contribution in [-0.2, 0) is 23.1 Å². The number of hydrogen-bond acceptors (Lipinski definition) is 3. The van der Waals surface area contributed by atoms with Gasteiger partial charge in [-0.3, -0.25) is 9.10 Å². The van der Waals surface area contributed by atoms with Crippen LogP contribution in [0.1, 0.15) is 32.6 Å². The highest BCUT2D eigenvalue weighted by molar-refractivity contribution is 7.92. The van der Waals surface area contributed by atoms with Gasteiger partial charge in [0.2, 0.25) is 10.0 Å². The molecule has 7 heteroatoms. The molecule has 0 saturated heterocycles. The monoisotopic (exact) mass is 456 g/mol. The van der Waals surface area contributed by atoms with E-state index < -0.39 is 10.0 Å². The minimum atomic E-state index is -3.48. The van der Waals surface area contributed by atoms with Gasteiger partial charge in [-0.15, -0.1) is 0 Å². The van der Waals surface area contributed by atoms with Crippen LogP contribution < -0.4 is 9.62 Å². The lowest BCUT2D eigenvalue weighted by Crippen LogP contribution is -2.29. The van der Waals surface area contributed by atoms with Gasteiger partial charge >= 0.3 is 0 Å². The number of sulfonamides is 1. The Morgan fingerprint density at radius 3 is 2.16 bits per heavy atom. The van der Waals surface area contributed by atoms with Gasteiger partial charge in [-0.25, -0.2) is 8.42 Å². The van der Waals surface area contributed by atoms with Crippen LogP contribution in [-0.4, -0.2) is 20.6 Å². The number of carbonyl (C=O) groups is 1. The summed E-state index contributed by atoms with van der Waals surface area (Å²) in [5, 5.41) is 3.45. The molecular weight excluding hydrogens is 432 g/mol. The summed E-state index contributed by atoms with van der Waals surface area (Å²) in [7, 11) is -3.48. The van der Waals surface area contributed by atoms with Gasteiger partial charge in [0.1, 0.15) is 0 Å². The van der Waals surface area contributed by atoms with Gasteiger partial charge in [0.25, 0.3) is 5.91 Å². The molecule has 0 aliphatic heterocycles. The first-order chi connectivity index (χ1) is 14.6. The Hall–Kier alpha value is -2.83. The Morgan fingerprint density at radius 2 is 1.58 bits per heavy atom. The van der Waals surface area contributed by atoms with E-state index in [0.717, 1.165) is 22.3 Å². The summed E-state index contributed by atoms with van der Waals surface area (Å²) in [4.78, 5) is 12.5. The number of nitrogens with one attached hydrogen (secondary N) is 1. The van der Waals surface area contributed by atoms with Gasteiger partial charge < -0.3 is 5.32 Å². The number of amides is 1. The van der Waals surface area contributed by atoms with Crippen LogP contribution in [0.2, 0.25) is 5.02 Å². The van der Waals surface area contributed by atoms with Crippen LogP contribution in [0.5, 0.6) is 0 Å². The number of carbonyl (C=O) groups excluding carboxylic acids is 1. The summed E-state index contributed by atoms with van der Waals surface area (Å²) >= 11 is 6.12. The van der Waals surface area contributed by atoms with Gasteiger partial charge in [-0.2, -0.15) is 0 Å². The van der Waals surface area contributed by atoms with E-state index in [-0.39, 0.29) is 12.5 Å². The molecule has 3 aromatic carbocycles. The van der Waals surface area contributed by atoms with Gasteiger partial charge in [-0.1, -0.05) is 48.0 Å². The summed E-state index contributed by atoms with van der Waals surface area (Å²) in [6, 6.07) is 20.0. The Labute approximate surface area is 188 Å². The zero-order valence-corrected chi connectivity index (χ0v) is 19.3. The Kier molecular flexibility index (Phi) is 7.03. The third kappa shape index (κ3) is 6.09. The molecule has 0 atom stereocenters. The number of halogens is 1. The van der Waals surface area contributed by atoms with Crippen molar-refractivity contribution in [2.24, 2.45) is 0 Å². The van der Waals surface area contributed by atoms with Crippen LogP contribution in [0.3, 0.4) is 0 Å². The molecule has 0 fully saturated rings. The molecule has 3 rings (SSSR count). The number of hydrogen-bond donors (Lipinski definition) is 1. The maximum atomic E-state index is 12.5. The number of benzene rings is 3. The van der Waals surface area contributed by atoms with Gasteiger partial charge in [0.05, 0.1) is 18.5 Å². The topological polar surface area (TPSA) is 66.5 Å². The van der Waals surface area contributed by atoms with Crippen molar-refractivity contribution in [3.63, 3.8) is 0 Å². The molecule has 0 spiro atoms. The highest BCUT2D eigenvalue weighted by Gasteiger charge is 2.19. The second-order valence-corrected chi connectivity index (χ2v) is 9.90. The molecule has 0 saturated carbocycles. The van der Waals surface area contributed by atoms with Crippen LogP contribution in [0, 0.1) is 13.8 Å². The summed E-state index contributed by atoms with van der Waals surface area (Å²) in [5.74, 6) is -0.222. The predicted molar refractivity (Wildman–Crippen MR) is 126 cm³/mol. The minimum absolute atomic E-state index is 0.184. The third-order valence-corrected chi connectivity index (χ3v) is 6.34. The Balaban J connectivity index is 1.73. The first kappa shape index (κ1) is 22.8. The molecular formula is C24H25ClN2O3S. The fourth-order valence-corrected chi connectivity index (χ4v) is 4.42. The Bertz CT molecular complexity index is 1170. The summed E-state index contributed by atoms with van der Waals surface area (Å²) in [6.45, 7) is 4.39. The van der Waals surface area contributed by atoms with Crippen molar-refractivity contribution in [2.75, 3.05) is 10.6 Å². The van der Waals surface area contributed by atoms with Crippen molar-refractivity contribution in [2.45, 2.75) is 26.9 Å². The molecule has 1 N–H and O–H groups in total. The van der Waals surface area contributed by atoms with Crippen LogP contribution >= 0.6 is 11.6 Å². The van der Waals surface area contributed by atoms with Crippen molar-refractivity contribution in [1.82, 2.24) is 5.32 Å². The highest BCUT2D eigenvalue weighted by atomic mass is 35.5. The van der Waals surface area contributed by atoms with E-state index >= 15 is 0 Å². The first-order valence-electron chi connectivity index (χ1n) is 9.80. The Morgan fingerprint density at radius 1 is 0.968 bits per heavy atom. The first-order valence-corrected chi connectivity index (χ1v) is 12.0. The van der Waals surface area contributed by atoms with Crippen LogP contribution in [0.4, 0.5) is 5.69 Å². The van der Waals surface area contributed by atoms with Gasteiger partial charge in [-0.05, 0) is 66.4 Å². The lowest BCUT2D eigenvalue weighted by atomic mass is 10.1. The van der Waals surface area contributed by atoms with Crippen molar-refractivity contribution >= 4 is 33.2 Å². The molecule has 3 aromatic rings. The molecule has 5 nitrogen and oxygen atoms in total. The molecule has 0 aliphatic rings. The van der Waals surface area contributed by atoms with Crippen molar-refractivity contribution in [3.05, 3.63) is 99.6 Å². The average Bonchev–Trinajstić information content (AvgIpc) is 2.70. The standard InChI is InChI=1S/C24H25ClN2O3S/c1-17-12-18(2)14-22(13-17)27(31(3,29)30)16-19-8-10-20(11-9-19)24(28)26-15-21-6-4-5-7-23(21)25/h4-14H,15-16H2,1-3H3,(H,26,28). The zero-order chi connectivity index (χ0) is 22.6. The number of anilines is 1. The molecule has 0 bridgehead atoms. The number of rotatable bonds is 7. The lowest BCUT2D eigenvalue weighted by Gasteiger charge is -2.23. The summed E-state index contributed by atoms with van der Waals surface area (Å²) < 4.78 is 26.2. The lowest BCUT2D eigenvalue weighted by molar-refractivity contribution is 0.0951. The molecule has 1 amide bonds. The minimum Gasteiger partial charge on any atom is -0.348 e. The fourth-order valence-electron chi connectivity index (χ4n) is 3.34. The van der Waals surface area contributed by atoms with E-state index in [0.29, 0.717) is 22.8 Å². The predicted octanol–water partition coefficient (Wildman–Crippen LogP) is 4.85. The van der Waals surface area contributed by atoms with Gasteiger partial charge in [0.15, 0.2) is 0 Å². The van der Waals surface area contributed by atoms with Crippen molar-refractivity contribution in [1.29, 1.82) is 0 Å². The molecule has 0 heterocycles. The molecule has 0 aromatic heterocycles. The quantitative estimate of drug-likeness (QED) is 0.552. The summed E-state index contributed by atoms with van der Waals surface area (Å²) in [6.07, 6.45) is 1.20. The molecule has 31 heavy (non-hydrogen) atoms. The van der Waals surface area contributed by atoms with E-state index in [1.807, 2.05) is 50.2 Å². The van der Waals surface area contributed by atoms with E-state index in [1.165, 1.54) is 10.6 Å². The normalized spacial score (nSPS) is 11.2. The van der Waals surface area contributed by atoms with Gasteiger partial charge in [0, 0.05) is 17.1 Å². The second-order valence-electron chi connectivity index (χ2n) is 7.59. The van der Waals surface area contributed by atoms with Crippen molar-refractivity contribution < 1.29 is 13.2 Å². The molecule has 162 valence electrons. The average molecular weight is 457 g/mol. The van der Waals surface area contributed by atoms with Crippen LogP contribution in [0.25, 0.3) is 0 Å². The fraction of sp³-hybridized carbons (Fsp3) is 0.208. The van der Waals surface area contributed by atoms with E-state index in [2.05, 4.69) is 5.32 Å². The number of nitrogens with zero attached hydrogens (tertiary/aromatic N) is 1. The van der Waals surface area contributed by atoms with E-state index in [1.54, 1.807) is 30.3 Å². The molecule has 0 radical (unpaired) electrons. The van der Waals surface area contributed by atoms with Crippen LogP contribution in [0.15, 0.2) is 66.7 Å². The maximum Gasteiger partial charge on any atom is 0.251 e. The second kappa shape index (κ2) is 9.54. The smallest absolute Gasteiger partial charge is 0.251 e. The zero-order valence-electron chi connectivity index (χ0n) is 17.7. The molecule has 0 aliphatic carbocycles. The van der Waals surface area contributed by atoms with E-state index in [9.17, 15) is 13.2 Å². The number of aryl methyl sites for hydroxylation is 2. The highest BCUT2D eigenvalue weighted by Crippen LogP contribution is 2.24. The summed E-state index contributed by atoms with van der Waals surface area (Å²) in [5.41, 5.74) is 4.73. The van der Waals surface area contributed by atoms with Crippen molar-refractivity contribution in [3.8, 4) is 0 Å². The largest absolute Gasteiger partial charge is 0.348 e. The maximum absolute atomic E-state index is 12.5.